The second-order valence-corrected chi connectivity index (χ2v) is 7.67. The van der Waals surface area contributed by atoms with Crippen molar-refractivity contribution in [3.8, 4) is 0 Å². The zero-order chi connectivity index (χ0) is 18.7. The van der Waals surface area contributed by atoms with Gasteiger partial charge in [0.05, 0.1) is 5.02 Å². The maximum absolute atomic E-state index is 12.2. The highest BCUT2D eigenvalue weighted by molar-refractivity contribution is 7.21. The number of ether oxygens (including phenoxy) is 1. The molecule has 0 saturated carbocycles. The summed E-state index contributed by atoms with van der Waals surface area (Å²) in [5, 5.41) is 4.86. The van der Waals surface area contributed by atoms with Crippen molar-refractivity contribution in [3.05, 3.63) is 68.0 Å². The van der Waals surface area contributed by atoms with E-state index in [0.717, 1.165) is 15.6 Å². The van der Waals surface area contributed by atoms with E-state index in [0.29, 0.717) is 21.6 Å². The molecule has 0 fully saturated rings. The standard InChI is InChI=1S/C18H12Cl3NO3S/c19-11-3-1-10(2-4-11)8-22-15(23)9-25-18(24)17-16(21)13-6-5-12(20)7-14(13)26-17/h1-7H,8-9H2,(H,22,23). The second kappa shape index (κ2) is 8.27. The van der Waals surface area contributed by atoms with Crippen molar-refractivity contribution in [2.75, 3.05) is 6.61 Å². The van der Waals surface area contributed by atoms with Gasteiger partial charge < -0.3 is 10.1 Å². The van der Waals surface area contributed by atoms with Crippen LogP contribution in [0.5, 0.6) is 0 Å². The molecule has 1 aromatic heterocycles. The van der Waals surface area contributed by atoms with E-state index >= 15 is 0 Å². The van der Waals surface area contributed by atoms with Gasteiger partial charge in [-0.25, -0.2) is 4.79 Å². The summed E-state index contributed by atoms with van der Waals surface area (Å²) in [5.74, 6) is -1.05. The maximum atomic E-state index is 12.2. The van der Waals surface area contributed by atoms with Crippen molar-refractivity contribution in [2.24, 2.45) is 0 Å². The fourth-order valence-electron chi connectivity index (χ4n) is 2.22. The van der Waals surface area contributed by atoms with E-state index in [1.54, 1.807) is 42.5 Å². The summed E-state index contributed by atoms with van der Waals surface area (Å²) >= 11 is 19.2. The first-order chi connectivity index (χ1) is 12.4. The number of carbonyl (C=O) groups excluding carboxylic acids is 2. The van der Waals surface area contributed by atoms with Crippen molar-refractivity contribution in [1.29, 1.82) is 0 Å². The summed E-state index contributed by atoms with van der Waals surface area (Å²) in [6.45, 7) is -0.0759. The molecule has 134 valence electrons. The Hall–Kier alpha value is -1.79. The fraction of sp³-hybridized carbons (Fsp3) is 0.111. The molecule has 0 unspecified atom stereocenters. The Morgan fingerprint density at radius 3 is 2.42 bits per heavy atom. The second-order valence-electron chi connectivity index (χ2n) is 5.36. The Morgan fingerprint density at radius 2 is 1.69 bits per heavy atom. The molecular weight excluding hydrogens is 417 g/mol. The molecule has 3 rings (SSSR count). The normalized spacial score (nSPS) is 10.7. The van der Waals surface area contributed by atoms with Gasteiger partial charge in [-0.15, -0.1) is 11.3 Å². The zero-order valence-corrected chi connectivity index (χ0v) is 16.3. The minimum absolute atomic E-state index is 0.245. The molecule has 0 radical (unpaired) electrons. The number of amides is 1. The van der Waals surface area contributed by atoms with Crippen molar-refractivity contribution in [2.45, 2.75) is 6.54 Å². The van der Waals surface area contributed by atoms with Gasteiger partial charge in [0.25, 0.3) is 5.91 Å². The Bertz CT molecular complexity index is 970. The minimum Gasteiger partial charge on any atom is -0.451 e. The Balaban J connectivity index is 1.57. The first kappa shape index (κ1) is 19.0. The molecule has 0 aliphatic rings. The van der Waals surface area contributed by atoms with Crippen molar-refractivity contribution >= 4 is 68.1 Å². The summed E-state index contributed by atoms with van der Waals surface area (Å²) in [7, 11) is 0. The van der Waals surface area contributed by atoms with E-state index in [4.69, 9.17) is 39.5 Å². The van der Waals surface area contributed by atoms with Crippen LogP contribution in [0.25, 0.3) is 10.1 Å². The molecule has 1 amide bonds. The lowest BCUT2D eigenvalue weighted by molar-refractivity contribution is -0.124. The molecule has 3 aromatic rings. The van der Waals surface area contributed by atoms with Crippen molar-refractivity contribution in [1.82, 2.24) is 5.32 Å². The monoisotopic (exact) mass is 427 g/mol. The van der Waals surface area contributed by atoms with Gasteiger partial charge in [0.1, 0.15) is 4.88 Å². The maximum Gasteiger partial charge on any atom is 0.350 e. The first-order valence-corrected chi connectivity index (χ1v) is 9.45. The number of fused-ring (bicyclic) bond motifs is 1. The molecule has 1 N–H and O–H groups in total. The van der Waals surface area contributed by atoms with Gasteiger partial charge in [-0.2, -0.15) is 0 Å². The lowest BCUT2D eigenvalue weighted by atomic mass is 10.2. The number of nitrogens with one attached hydrogen (secondary N) is 1. The van der Waals surface area contributed by atoms with Crippen LogP contribution < -0.4 is 5.32 Å². The quantitative estimate of drug-likeness (QED) is 0.558. The zero-order valence-electron chi connectivity index (χ0n) is 13.2. The van der Waals surface area contributed by atoms with Crippen LogP contribution >= 0.6 is 46.1 Å². The summed E-state index contributed by atoms with van der Waals surface area (Å²) in [4.78, 5) is 24.3. The number of hydrogen-bond donors (Lipinski definition) is 1. The molecule has 0 aliphatic heterocycles. The highest BCUT2D eigenvalue weighted by Crippen LogP contribution is 2.37. The molecule has 0 bridgehead atoms. The molecule has 1 heterocycles. The van der Waals surface area contributed by atoms with Gasteiger partial charge in [-0.05, 0) is 29.8 Å². The Labute approximate surface area is 168 Å². The van der Waals surface area contributed by atoms with E-state index in [-0.39, 0.29) is 4.88 Å². The molecule has 0 saturated heterocycles. The number of rotatable bonds is 5. The lowest BCUT2D eigenvalue weighted by Gasteiger charge is -2.06. The van der Waals surface area contributed by atoms with Gasteiger partial charge >= 0.3 is 5.97 Å². The number of hydrogen-bond acceptors (Lipinski definition) is 4. The van der Waals surface area contributed by atoms with Crippen LogP contribution in [0.1, 0.15) is 15.2 Å². The average Bonchev–Trinajstić information content (AvgIpc) is 2.95. The molecule has 0 spiro atoms. The van der Waals surface area contributed by atoms with Crippen LogP contribution in [0, 0.1) is 0 Å². The smallest absolute Gasteiger partial charge is 0.350 e. The van der Waals surface area contributed by atoms with Gasteiger partial charge in [-0.3, -0.25) is 4.79 Å². The van der Waals surface area contributed by atoms with E-state index in [1.807, 2.05) is 0 Å². The topological polar surface area (TPSA) is 55.4 Å². The fourth-order valence-corrected chi connectivity index (χ4v) is 4.03. The average molecular weight is 429 g/mol. The van der Waals surface area contributed by atoms with Gasteiger partial charge in [0.2, 0.25) is 0 Å². The SMILES string of the molecule is O=C(COC(=O)c1sc2cc(Cl)ccc2c1Cl)NCc1ccc(Cl)cc1. The largest absolute Gasteiger partial charge is 0.451 e. The molecule has 8 heteroatoms. The van der Waals surface area contributed by atoms with E-state index < -0.39 is 18.5 Å². The Kier molecular flexibility index (Phi) is 6.04. The van der Waals surface area contributed by atoms with E-state index in [1.165, 1.54) is 11.3 Å². The van der Waals surface area contributed by atoms with Crippen LogP contribution in [0.4, 0.5) is 0 Å². The third-order valence-electron chi connectivity index (χ3n) is 3.51. The highest BCUT2D eigenvalue weighted by Gasteiger charge is 2.19. The summed E-state index contributed by atoms with van der Waals surface area (Å²) in [6.07, 6.45) is 0. The number of esters is 1. The minimum atomic E-state index is -0.644. The lowest BCUT2D eigenvalue weighted by Crippen LogP contribution is -2.28. The molecule has 0 aliphatic carbocycles. The van der Waals surface area contributed by atoms with Crippen molar-refractivity contribution in [3.63, 3.8) is 0 Å². The third-order valence-corrected chi connectivity index (χ3v) is 5.64. The number of halogens is 3. The molecule has 0 atom stereocenters. The first-order valence-electron chi connectivity index (χ1n) is 7.50. The van der Waals surface area contributed by atoms with Gasteiger partial charge in [0.15, 0.2) is 6.61 Å². The predicted molar refractivity (Wildman–Crippen MR) is 105 cm³/mol. The third kappa shape index (κ3) is 4.48. The summed E-state index contributed by atoms with van der Waals surface area (Å²) in [6, 6.07) is 12.2. The predicted octanol–water partition coefficient (Wildman–Crippen LogP) is 5.33. The van der Waals surface area contributed by atoms with Gasteiger partial charge in [0, 0.05) is 26.7 Å². The van der Waals surface area contributed by atoms with E-state index in [9.17, 15) is 9.59 Å². The van der Waals surface area contributed by atoms with Crippen LogP contribution in [-0.2, 0) is 16.1 Å². The molecular formula is C18H12Cl3NO3S. The van der Waals surface area contributed by atoms with Crippen LogP contribution in [0.15, 0.2) is 42.5 Å². The van der Waals surface area contributed by atoms with Crippen molar-refractivity contribution < 1.29 is 14.3 Å². The van der Waals surface area contributed by atoms with Crippen LogP contribution in [-0.4, -0.2) is 18.5 Å². The summed E-state index contributed by atoms with van der Waals surface area (Å²) in [5.41, 5.74) is 0.888. The highest BCUT2D eigenvalue weighted by atomic mass is 35.5. The van der Waals surface area contributed by atoms with Crippen LogP contribution in [0.2, 0.25) is 15.1 Å². The number of thiophene rings is 1. The van der Waals surface area contributed by atoms with Gasteiger partial charge in [-0.1, -0.05) is 53.0 Å². The number of carbonyl (C=O) groups is 2. The Morgan fingerprint density at radius 1 is 1.00 bits per heavy atom. The molecule has 26 heavy (non-hydrogen) atoms. The summed E-state index contributed by atoms with van der Waals surface area (Å²) < 4.78 is 5.84. The molecule has 2 aromatic carbocycles. The van der Waals surface area contributed by atoms with Crippen LogP contribution in [0.3, 0.4) is 0 Å². The molecule has 4 nitrogen and oxygen atoms in total. The van der Waals surface area contributed by atoms with E-state index in [2.05, 4.69) is 5.32 Å². The number of benzene rings is 2.